The van der Waals surface area contributed by atoms with Gasteiger partial charge in [0, 0.05) is 42.3 Å². The minimum Gasteiger partial charge on any atom is 0 e. The Morgan fingerprint density at radius 3 is 0.533 bits per heavy atom. The fraction of sp³-hybridized carbons (Fsp3) is 0. The molecule has 0 heterocycles. The molecule has 15 heavy (non-hydrogen) atoms. The summed E-state index contributed by atoms with van der Waals surface area (Å²) in [4.78, 5) is 0. The van der Waals surface area contributed by atoms with E-state index in [0.717, 1.165) is 0 Å². The molecular weight excluding hydrogens is 316 g/mol. The Kier molecular flexibility index (Phi) is 156. The van der Waals surface area contributed by atoms with Crippen LogP contribution in [0.15, 0.2) is 0 Å². The second-order valence-electron chi connectivity index (χ2n) is 0.429. The zero-order valence-corrected chi connectivity index (χ0v) is 9.45. The van der Waals surface area contributed by atoms with Crippen LogP contribution in [0.5, 0.6) is 0 Å². The standard InChI is InChI=1S/3CO.2F3HP.Fe/c3*1-2;2*1-4(2)3;/h;;;2*4H;/q;;;2*+1;. The van der Waals surface area contributed by atoms with Gasteiger partial charge in [-0.3, -0.25) is 0 Å². The monoisotopic (exact) mass is 318 g/mol. The van der Waals surface area contributed by atoms with E-state index in [0.29, 0.717) is 0 Å². The van der Waals surface area contributed by atoms with Gasteiger partial charge >= 0.3 is 51.6 Å². The summed E-state index contributed by atoms with van der Waals surface area (Å²) in [6.45, 7) is 13.5. The molecule has 0 aliphatic heterocycles. The van der Waals surface area contributed by atoms with Crippen molar-refractivity contribution in [3.8, 4) is 0 Å². The topological polar surface area (TPSA) is 59.7 Å². The van der Waals surface area contributed by atoms with Gasteiger partial charge in [-0.15, -0.1) is 0 Å². The van der Waals surface area contributed by atoms with Crippen LogP contribution in [0.3, 0.4) is 0 Å². The summed E-state index contributed by atoms with van der Waals surface area (Å²) in [5.41, 5.74) is 0. The van der Waals surface area contributed by atoms with E-state index in [1.807, 2.05) is 0 Å². The Morgan fingerprint density at radius 1 is 0.533 bits per heavy atom. The first-order chi connectivity index (χ1) is 6.46. The predicted octanol–water partition coefficient (Wildman–Crippen LogP) is 3.59. The molecule has 0 aromatic heterocycles. The number of hydrogen-bond acceptors (Lipinski definition) is 0. The molecule has 3 nitrogen and oxygen atoms in total. The molecule has 0 rings (SSSR count). The molecular formula is C3H2F6FeO3P2+2. The molecule has 0 saturated carbocycles. The van der Waals surface area contributed by atoms with Gasteiger partial charge in [-0.2, -0.15) is 0 Å². The van der Waals surface area contributed by atoms with Crippen LogP contribution in [-0.4, -0.2) is 0 Å². The molecule has 90 valence electrons. The van der Waals surface area contributed by atoms with Crippen LogP contribution < -0.4 is 0 Å². The summed E-state index contributed by atoms with van der Waals surface area (Å²) in [5, 5.41) is 0. The summed E-state index contributed by atoms with van der Waals surface area (Å²) >= 11 is 0. The van der Waals surface area contributed by atoms with Crippen molar-refractivity contribution in [1.82, 2.24) is 0 Å². The minimum atomic E-state index is -4.38. The smallest absolute Gasteiger partial charge is 0 e. The molecule has 0 atom stereocenters. The van der Waals surface area contributed by atoms with E-state index in [-0.39, 0.29) is 17.1 Å². The number of halogens is 6. The van der Waals surface area contributed by atoms with Gasteiger partial charge in [0.1, 0.15) is 0 Å². The first kappa shape index (κ1) is 36.2. The van der Waals surface area contributed by atoms with E-state index in [4.69, 9.17) is 14.0 Å². The van der Waals surface area contributed by atoms with E-state index in [2.05, 4.69) is 20.0 Å². The van der Waals surface area contributed by atoms with Crippen LogP contribution in [0.4, 0.5) is 25.2 Å². The average molecular weight is 318 g/mol. The average Bonchev–Trinajstić information content (AvgIpc) is 2.12. The van der Waals surface area contributed by atoms with Gasteiger partial charge in [-0.1, -0.05) is 0 Å². The van der Waals surface area contributed by atoms with Gasteiger partial charge in [0.2, 0.25) is 0 Å². The Labute approximate surface area is 94.5 Å². The van der Waals surface area contributed by atoms with Gasteiger partial charge in [-0.25, -0.2) is 0 Å². The van der Waals surface area contributed by atoms with Gasteiger partial charge < -0.3 is 0 Å². The number of hydrogen-bond donors (Lipinski definition) is 0. The molecule has 0 aromatic rings. The zero-order valence-electron chi connectivity index (χ0n) is 6.35. The predicted molar refractivity (Wildman–Crippen MR) is 35.1 cm³/mol. The normalized spacial score (nSPS) is 5.20. The second-order valence-corrected chi connectivity index (χ2v) is 1.29. The third-order valence-electron chi connectivity index (χ3n) is 0. The third kappa shape index (κ3) is 65300. The van der Waals surface area contributed by atoms with Crippen molar-refractivity contribution >= 4 is 17.7 Å². The molecule has 0 N–H and O–H groups in total. The molecule has 0 saturated heterocycles. The first-order valence-corrected chi connectivity index (χ1v) is 4.01. The van der Waals surface area contributed by atoms with Crippen LogP contribution in [0.1, 0.15) is 0 Å². The quantitative estimate of drug-likeness (QED) is 0.215. The van der Waals surface area contributed by atoms with Gasteiger partial charge in [0.15, 0.2) is 0 Å². The van der Waals surface area contributed by atoms with Crippen LogP contribution >= 0.6 is 17.7 Å². The Morgan fingerprint density at radius 2 is 0.533 bits per heavy atom. The maximum Gasteiger partial charge on any atom is 0 e. The molecule has 0 fully saturated rings. The summed E-state index contributed by atoms with van der Waals surface area (Å²) in [6, 6.07) is 0. The van der Waals surface area contributed by atoms with Crippen molar-refractivity contribution in [2.45, 2.75) is 0 Å². The van der Waals surface area contributed by atoms with Gasteiger partial charge in [0.05, 0.1) is 0 Å². The van der Waals surface area contributed by atoms with Gasteiger partial charge in [-0.05, 0) is 0 Å². The summed E-state index contributed by atoms with van der Waals surface area (Å²) in [7, 11) is -8.76. The summed E-state index contributed by atoms with van der Waals surface area (Å²) in [5.74, 6) is 0. The van der Waals surface area contributed by atoms with Gasteiger partial charge in [0.25, 0.3) is 0 Å². The minimum absolute atomic E-state index is 0. The second kappa shape index (κ2) is 64.5. The van der Waals surface area contributed by atoms with E-state index < -0.39 is 17.7 Å². The van der Waals surface area contributed by atoms with Crippen LogP contribution in [0.25, 0.3) is 0 Å². The molecule has 0 aliphatic carbocycles. The van der Waals surface area contributed by atoms with Crippen molar-refractivity contribution < 1.29 is 56.2 Å². The molecule has 0 aliphatic rings. The fourth-order valence-electron chi connectivity index (χ4n) is 0. The van der Waals surface area contributed by atoms with Crippen LogP contribution in [0.2, 0.25) is 0 Å². The number of rotatable bonds is 0. The molecule has 0 aromatic carbocycles. The van der Waals surface area contributed by atoms with Crippen LogP contribution in [-0.2, 0) is 31.0 Å². The van der Waals surface area contributed by atoms with Crippen LogP contribution in [0, 0.1) is 20.0 Å². The third-order valence-corrected chi connectivity index (χ3v) is 0. The maximum atomic E-state index is 9.77. The first-order valence-electron chi connectivity index (χ1n) is 1.75. The van der Waals surface area contributed by atoms with E-state index in [9.17, 15) is 25.2 Å². The van der Waals surface area contributed by atoms with E-state index in [1.165, 1.54) is 0 Å². The zero-order chi connectivity index (χ0) is 13.2. The molecule has 12 heteroatoms. The van der Waals surface area contributed by atoms with Crippen molar-refractivity contribution in [2.24, 2.45) is 0 Å². The largest absolute Gasteiger partial charge is 0 e. The molecule has 0 spiro atoms. The van der Waals surface area contributed by atoms with E-state index in [1.54, 1.807) is 0 Å². The van der Waals surface area contributed by atoms with Crippen molar-refractivity contribution in [3.63, 3.8) is 0 Å². The fourth-order valence-corrected chi connectivity index (χ4v) is 0. The van der Waals surface area contributed by atoms with Crippen molar-refractivity contribution in [1.29, 1.82) is 0 Å². The summed E-state index contributed by atoms with van der Waals surface area (Å²) < 4.78 is 81.1. The van der Waals surface area contributed by atoms with Crippen molar-refractivity contribution in [2.75, 3.05) is 0 Å². The Bertz CT molecular complexity index is 105. The molecule has 0 amide bonds. The Balaban J connectivity index is -0.0000000175. The molecule has 0 radical (unpaired) electrons. The molecule has 0 bridgehead atoms. The molecule has 0 unspecified atom stereocenters. The maximum absolute atomic E-state index is 9.77. The summed E-state index contributed by atoms with van der Waals surface area (Å²) in [6.07, 6.45) is 0. The SMILES string of the molecule is F[PH+](F)F.F[PH+](F)F.[C-]#[O+].[C-]#[O+].[C-]#[O+].[Fe]. The van der Waals surface area contributed by atoms with E-state index >= 15 is 0 Å². The Hall–Kier alpha value is 0.179. The van der Waals surface area contributed by atoms with Crippen molar-refractivity contribution in [3.05, 3.63) is 20.0 Å².